The normalized spacial score (nSPS) is 10.3. The van der Waals surface area contributed by atoms with E-state index in [-0.39, 0.29) is 12.2 Å². The first-order chi connectivity index (χ1) is 13.8. The van der Waals surface area contributed by atoms with E-state index in [1.54, 1.807) is 0 Å². The molecule has 0 saturated heterocycles. The van der Waals surface area contributed by atoms with Crippen LogP contribution in [-0.2, 0) is 16.0 Å². The van der Waals surface area contributed by atoms with Crippen LogP contribution in [0.15, 0.2) is 83.3 Å². The van der Waals surface area contributed by atoms with E-state index in [2.05, 4.69) is 15.9 Å². The molecule has 3 aromatic carbocycles. The lowest BCUT2D eigenvalue weighted by molar-refractivity contribution is -0.136. The Balaban J connectivity index is 0.000000212. The maximum absolute atomic E-state index is 12.7. The SMILES string of the molecule is O=C(O)C=Cc1ccc(F)c(Br)c1.O=C(O)Cc1ccc(-c2ccccc2)cc1. The van der Waals surface area contributed by atoms with Gasteiger partial charge >= 0.3 is 11.9 Å². The third-order valence-corrected chi connectivity index (χ3v) is 4.39. The molecule has 0 atom stereocenters. The van der Waals surface area contributed by atoms with E-state index in [4.69, 9.17) is 10.2 Å². The average molecular weight is 457 g/mol. The Kier molecular flexibility index (Phi) is 8.30. The van der Waals surface area contributed by atoms with Crippen molar-refractivity contribution in [3.63, 3.8) is 0 Å². The lowest BCUT2D eigenvalue weighted by Gasteiger charge is -2.02. The third kappa shape index (κ3) is 7.71. The van der Waals surface area contributed by atoms with Gasteiger partial charge in [0.25, 0.3) is 0 Å². The van der Waals surface area contributed by atoms with Crippen LogP contribution in [0.1, 0.15) is 11.1 Å². The summed E-state index contributed by atoms with van der Waals surface area (Å²) in [5, 5.41) is 17.0. The van der Waals surface area contributed by atoms with Gasteiger partial charge in [0.1, 0.15) is 5.82 Å². The lowest BCUT2D eigenvalue weighted by Crippen LogP contribution is -1.99. The first kappa shape index (κ1) is 22.0. The number of hydrogen-bond acceptors (Lipinski definition) is 2. The van der Waals surface area contributed by atoms with Gasteiger partial charge in [-0.25, -0.2) is 9.18 Å². The molecule has 0 bridgehead atoms. The van der Waals surface area contributed by atoms with Crippen LogP contribution in [0, 0.1) is 5.82 Å². The van der Waals surface area contributed by atoms with Gasteiger partial charge in [-0.05, 0) is 56.4 Å². The molecule has 0 aliphatic rings. The molecule has 3 rings (SSSR count). The molecule has 0 spiro atoms. The van der Waals surface area contributed by atoms with Gasteiger partial charge in [0.15, 0.2) is 0 Å². The van der Waals surface area contributed by atoms with Crippen LogP contribution in [0.5, 0.6) is 0 Å². The predicted molar refractivity (Wildman–Crippen MR) is 114 cm³/mol. The first-order valence-corrected chi connectivity index (χ1v) is 9.36. The van der Waals surface area contributed by atoms with Crippen molar-refractivity contribution in [2.45, 2.75) is 6.42 Å². The molecule has 4 nitrogen and oxygen atoms in total. The van der Waals surface area contributed by atoms with Crippen molar-refractivity contribution in [3.8, 4) is 11.1 Å². The number of rotatable bonds is 5. The van der Waals surface area contributed by atoms with Crippen molar-refractivity contribution in [2.24, 2.45) is 0 Å². The molecular weight excluding hydrogens is 439 g/mol. The van der Waals surface area contributed by atoms with Crippen LogP contribution in [0.4, 0.5) is 4.39 Å². The Morgan fingerprint density at radius 2 is 1.52 bits per heavy atom. The molecule has 0 aliphatic heterocycles. The highest BCUT2D eigenvalue weighted by atomic mass is 79.9. The first-order valence-electron chi connectivity index (χ1n) is 8.57. The van der Waals surface area contributed by atoms with Gasteiger partial charge in [-0.1, -0.05) is 60.7 Å². The molecule has 29 heavy (non-hydrogen) atoms. The Morgan fingerprint density at radius 3 is 2.07 bits per heavy atom. The largest absolute Gasteiger partial charge is 0.481 e. The van der Waals surface area contributed by atoms with Gasteiger partial charge in [0, 0.05) is 6.08 Å². The topological polar surface area (TPSA) is 74.6 Å². The number of hydrogen-bond donors (Lipinski definition) is 2. The molecule has 0 heterocycles. The zero-order chi connectivity index (χ0) is 21.2. The highest BCUT2D eigenvalue weighted by molar-refractivity contribution is 9.10. The predicted octanol–water partition coefficient (Wildman–Crippen LogP) is 5.67. The van der Waals surface area contributed by atoms with Gasteiger partial charge in [0.2, 0.25) is 0 Å². The summed E-state index contributed by atoms with van der Waals surface area (Å²) >= 11 is 3.00. The molecule has 148 valence electrons. The summed E-state index contributed by atoms with van der Waals surface area (Å²) < 4.78 is 13.0. The van der Waals surface area contributed by atoms with Gasteiger partial charge in [-0.15, -0.1) is 0 Å². The minimum Gasteiger partial charge on any atom is -0.481 e. The summed E-state index contributed by atoms with van der Waals surface area (Å²) in [4.78, 5) is 20.7. The van der Waals surface area contributed by atoms with Crippen LogP contribution in [0.3, 0.4) is 0 Å². The summed E-state index contributed by atoms with van der Waals surface area (Å²) in [5.41, 5.74) is 3.71. The van der Waals surface area contributed by atoms with E-state index in [9.17, 15) is 14.0 Å². The summed E-state index contributed by atoms with van der Waals surface area (Å²) in [6.07, 6.45) is 2.47. The molecule has 0 unspecified atom stereocenters. The van der Waals surface area contributed by atoms with E-state index >= 15 is 0 Å². The van der Waals surface area contributed by atoms with Crippen LogP contribution < -0.4 is 0 Å². The number of carboxylic acids is 2. The van der Waals surface area contributed by atoms with E-state index < -0.39 is 11.9 Å². The molecule has 3 aromatic rings. The number of benzene rings is 3. The summed E-state index contributed by atoms with van der Waals surface area (Å²) in [6, 6.07) is 21.9. The minimum atomic E-state index is -1.03. The molecule has 0 fully saturated rings. The van der Waals surface area contributed by atoms with Gasteiger partial charge in [-0.3, -0.25) is 4.79 Å². The Labute approximate surface area is 176 Å². The molecule has 2 N–H and O–H groups in total. The van der Waals surface area contributed by atoms with E-state index in [1.165, 1.54) is 24.3 Å². The number of halogens is 2. The zero-order valence-electron chi connectivity index (χ0n) is 15.3. The summed E-state index contributed by atoms with van der Waals surface area (Å²) in [5.74, 6) is -2.19. The van der Waals surface area contributed by atoms with Crippen LogP contribution in [0.25, 0.3) is 17.2 Å². The quantitative estimate of drug-likeness (QED) is 0.485. The van der Waals surface area contributed by atoms with Gasteiger partial charge < -0.3 is 10.2 Å². The van der Waals surface area contributed by atoms with Crippen LogP contribution >= 0.6 is 15.9 Å². The number of aliphatic carboxylic acids is 2. The van der Waals surface area contributed by atoms with Crippen molar-refractivity contribution >= 4 is 33.9 Å². The molecule has 6 heteroatoms. The fourth-order valence-electron chi connectivity index (χ4n) is 2.40. The summed E-state index contributed by atoms with van der Waals surface area (Å²) in [7, 11) is 0. The van der Waals surface area contributed by atoms with Crippen molar-refractivity contribution in [2.75, 3.05) is 0 Å². The number of carbonyl (C=O) groups is 2. The van der Waals surface area contributed by atoms with Crippen molar-refractivity contribution in [1.29, 1.82) is 0 Å². The molecule has 0 amide bonds. The molecule has 0 aromatic heterocycles. The maximum Gasteiger partial charge on any atom is 0.328 e. The monoisotopic (exact) mass is 456 g/mol. The van der Waals surface area contributed by atoms with Crippen LogP contribution in [-0.4, -0.2) is 22.2 Å². The van der Waals surface area contributed by atoms with Crippen molar-refractivity contribution < 1.29 is 24.2 Å². The molecule has 0 aliphatic carbocycles. The summed E-state index contributed by atoms with van der Waals surface area (Å²) in [6.45, 7) is 0. The maximum atomic E-state index is 12.7. The highest BCUT2D eigenvalue weighted by Crippen LogP contribution is 2.19. The second-order valence-electron chi connectivity index (χ2n) is 5.98. The van der Waals surface area contributed by atoms with Gasteiger partial charge in [-0.2, -0.15) is 0 Å². The smallest absolute Gasteiger partial charge is 0.328 e. The lowest BCUT2D eigenvalue weighted by atomic mass is 10.0. The van der Waals surface area contributed by atoms with Crippen molar-refractivity contribution in [3.05, 3.63) is 100 Å². The van der Waals surface area contributed by atoms with E-state index in [0.717, 1.165) is 22.8 Å². The molecule has 0 saturated carbocycles. The number of carboxylic acid groups (broad SMARTS) is 2. The Morgan fingerprint density at radius 1 is 0.897 bits per heavy atom. The Bertz CT molecular complexity index is 999. The minimum absolute atomic E-state index is 0.0784. The zero-order valence-corrected chi connectivity index (χ0v) is 16.8. The van der Waals surface area contributed by atoms with Gasteiger partial charge in [0.05, 0.1) is 10.9 Å². The fraction of sp³-hybridized carbons (Fsp3) is 0.0435. The van der Waals surface area contributed by atoms with E-state index in [1.807, 2.05) is 54.6 Å². The molecule has 0 radical (unpaired) electrons. The average Bonchev–Trinajstić information content (AvgIpc) is 2.70. The highest BCUT2D eigenvalue weighted by Gasteiger charge is 2.01. The van der Waals surface area contributed by atoms with E-state index in [0.29, 0.717) is 10.0 Å². The second kappa shape index (κ2) is 10.9. The van der Waals surface area contributed by atoms with Crippen molar-refractivity contribution in [1.82, 2.24) is 0 Å². The standard InChI is InChI=1S/C14H12O2.C9H6BrFO2/c15-14(16)10-11-6-8-13(9-7-11)12-4-2-1-3-5-12;10-7-5-6(1-3-8(7)11)2-4-9(12)13/h1-9H,10H2,(H,15,16);1-5H,(H,12,13). The fourth-order valence-corrected chi connectivity index (χ4v) is 2.80. The molecular formula is C23H18BrFO4. The second-order valence-corrected chi connectivity index (χ2v) is 6.83. The third-order valence-electron chi connectivity index (χ3n) is 3.78. The Hall–Kier alpha value is -3.25. The van der Waals surface area contributed by atoms with Crippen LogP contribution in [0.2, 0.25) is 0 Å².